The first kappa shape index (κ1) is 19.4. The van der Waals surface area contributed by atoms with Crippen molar-refractivity contribution in [1.82, 2.24) is 0 Å². The van der Waals surface area contributed by atoms with Crippen LogP contribution in [0.3, 0.4) is 0 Å². The lowest BCUT2D eigenvalue weighted by molar-refractivity contribution is -0.0498. The molecule has 0 aliphatic heterocycles. The molecule has 0 radical (unpaired) electrons. The molecule has 7 heteroatoms. The van der Waals surface area contributed by atoms with E-state index in [9.17, 15) is 18.4 Å². The summed E-state index contributed by atoms with van der Waals surface area (Å²) in [6.07, 6.45) is -1.02. The second-order valence-corrected chi connectivity index (χ2v) is 5.76. The Morgan fingerprint density at radius 3 is 2.23 bits per heavy atom. The van der Waals surface area contributed by atoms with Gasteiger partial charge in [0.1, 0.15) is 5.75 Å². The minimum absolute atomic E-state index is 0.0540. The van der Waals surface area contributed by atoms with E-state index in [0.29, 0.717) is 5.56 Å². The van der Waals surface area contributed by atoms with Crippen LogP contribution in [0.2, 0.25) is 0 Å². The van der Waals surface area contributed by atoms with Crippen LogP contribution in [0.5, 0.6) is 5.75 Å². The molecule has 0 unspecified atom stereocenters. The van der Waals surface area contributed by atoms with Crippen LogP contribution in [0.1, 0.15) is 27.6 Å². The predicted molar refractivity (Wildman–Crippen MR) is 93.1 cm³/mol. The molecule has 2 rings (SSSR count). The van der Waals surface area contributed by atoms with Gasteiger partial charge in [0.25, 0.3) is 0 Å². The molecule has 1 atom stereocenters. The standard InChI is InChI=1S/C19H19F2NO4/c1-12(17(23)13-7-9-16(10-8-13)26-19(20)21)25-18(24)14-5-4-6-15(11-14)22(2)3/h4-12,19H,1-3H3/t12-/m0/s1. The van der Waals surface area contributed by atoms with Gasteiger partial charge in [0.15, 0.2) is 6.10 Å². The number of anilines is 1. The lowest BCUT2D eigenvalue weighted by atomic mass is 10.1. The lowest BCUT2D eigenvalue weighted by Gasteiger charge is -2.15. The smallest absolute Gasteiger partial charge is 0.387 e. The van der Waals surface area contributed by atoms with E-state index in [1.165, 1.54) is 31.2 Å². The van der Waals surface area contributed by atoms with E-state index in [1.807, 2.05) is 25.1 Å². The number of esters is 1. The van der Waals surface area contributed by atoms with Crippen molar-refractivity contribution < 1.29 is 27.8 Å². The minimum atomic E-state index is -2.94. The van der Waals surface area contributed by atoms with Crippen LogP contribution in [0.4, 0.5) is 14.5 Å². The fraction of sp³-hybridized carbons (Fsp3) is 0.263. The first-order valence-corrected chi connectivity index (χ1v) is 7.85. The Hall–Kier alpha value is -2.96. The predicted octanol–water partition coefficient (Wildman–Crippen LogP) is 3.78. The second-order valence-electron chi connectivity index (χ2n) is 5.76. The van der Waals surface area contributed by atoms with Crippen molar-refractivity contribution in [2.45, 2.75) is 19.6 Å². The summed E-state index contributed by atoms with van der Waals surface area (Å²) in [4.78, 5) is 26.4. The topological polar surface area (TPSA) is 55.8 Å². The summed E-state index contributed by atoms with van der Waals surface area (Å²) in [6, 6.07) is 12.0. The fourth-order valence-electron chi connectivity index (χ4n) is 2.23. The Kier molecular flexibility index (Phi) is 6.27. The number of halogens is 2. The average Bonchev–Trinajstić information content (AvgIpc) is 2.61. The summed E-state index contributed by atoms with van der Waals surface area (Å²) in [5.74, 6) is -1.11. The molecule has 0 aromatic heterocycles. The van der Waals surface area contributed by atoms with Gasteiger partial charge in [-0.3, -0.25) is 4.79 Å². The van der Waals surface area contributed by atoms with Crippen molar-refractivity contribution in [3.05, 3.63) is 59.7 Å². The highest BCUT2D eigenvalue weighted by molar-refractivity contribution is 6.01. The summed E-state index contributed by atoms with van der Waals surface area (Å²) in [6.45, 7) is -1.48. The van der Waals surface area contributed by atoms with Crippen molar-refractivity contribution in [3.8, 4) is 5.75 Å². The molecule has 0 saturated heterocycles. The summed E-state index contributed by atoms with van der Waals surface area (Å²) >= 11 is 0. The largest absolute Gasteiger partial charge is 0.451 e. The van der Waals surface area contributed by atoms with Gasteiger partial charge in [-0.25, -0.2) is 4.79 Å². The number of ether oxygens (including phenoxy) is 2. The van der Waals surface area contributed by atoms with Crippen molar-refractivity contribution in [2.75, 3.05) is 19.0 Å². The Labute approximate surface area is 150 Å². The molecule has 0 aliphatic carbocycles. The zero-order valence-corrected chi connectivity index (χ0v) is 14.6. The molecule has 26 heavy (non-hydrogen) atoms. The zero-order valence-electron chi connectivity index (χ0n) is 14.6. The molecule has 138 valence electrons. The first-order chi connectivity index (χ1) is 12.3. The molecule has 0 amide bonds. The van der Waals surface area contributed by atoms with E-state index >= 15 is 0 Å². The fourth-order valence-corrected chi connectivity index (χ4v) is 2.23. The number of benzene rings is 2. The number of Topliss-reactive ketones (excluding diaryl/α,β-unsaturated/α-hetero) is 1. The number of carbonyl (C=O) groups is 2. The SMILES string of the molecule is C[C@H](OC(=O)c1cccc(N(C)C)c1)C(=O)c1ccc(OC(F)F)cc1. The van der Waals surface area contributed by atoms with Gasteiger partial charge in [-0.2, -0.15) is 8.78 Å². The number of ketones is 1. The zero-order chi connectivity index (χ0) is 19.3. The molecule has 2 aromatic rings. The second kappa shape index (κ2) is 8.42. The van der Waals surface area contributed by atoms with E-state index in [2.05, 4.69) is 4.74 Å². The third kappa shape index (κ3) is 5.02. The highest BCUT2D eigenvalue weighted by Crippen LogP contribution is 2.18. The molecule has 0 saturated carbocycles. The number of nitrogens with zero attached hydrogens (tertiary/aromatic N) is 1. The van der Waals surface area contributed by atoms with Crippen LogP contribution >= 0.6 is 0 Å². The van der Waals surface area contributed by atoms with Crippen molar-refractivity contribution in [3.63, 3.8) is 0 Å². The highest BCUT2D eigenvalue weighted by atomic mass is 19.3. The maximum atomic E-state index is 12.3. The summed E-state index contributed by atoms with van der Waals surface area (Å²) in [5.41, 5.74) is 1.39. The Bertz CT molecular complexity index is 775. The highest BCUT2D eigenvalue weighted by Gasteiger charge is 2.21. The summed E-state index contributed by atoms with van der Waals surface area (Å²) in [7, 11) is 3.69. The third-order valence-electron chi connectivity index (χ3n) is 3.62. The van der Waals surface area contributed by atoms with Crippen LogP contribution in [0, 0.1) is 0 Å². The maximum absolute atomic E-state index is 12.3. The monoisotopic (exact) mass is 363 g/mol. The van der Waals surface area contributed by atoms with Crippen LogP contribution in [0.15, 0.2) is 48.5 Å². The van der Waals surface area contributed by atoms with Gasteiger partial charge in [-0.05, 0) is 49.4 Å². The molecule has 0 spiro atoms. The quantitative estimate of drug-likeness (QED) is 0.553. The Balaban J connectivity index is 2.04. The van der Waals surface area contributed by atoms with Gasteiger partial charge in [0.05, 0.1) is 5.56 Å². The van der Waals surface area contributed by atoms with Crippen LogP contribution in [0.25, 0.3) is 0 Å². The van der Waals surface area contributed by atoms with E-state index in [1.54, 1.807) is 18.2 Å². The summed E-state index contributed by atoms with van der Waals surface area (Å²) in [5, 5.41) is 0. The molecular weight excluding hydrogens is 344 g/mol. The van der Waals surface area contributed by atoms with Crippen LogP contribution in [-0.4, -0.2) is 38.6 Å². The lowest BCUT2D eigenvalue weighted by Crippen LogP contribution is -2.24. The molecular formula is C19H19F2NO4. The molecule has 5 nitrogen and oxygen atoms in total. The third-order valence-corrected chi connectivity index (χ3v) is 3.62. The minimum Gasteiger partial charge on any atom is -0.451 e. The van der Waals surface area contributed by atoms with E-state index in [4.69, 9.17) is 4.74 Å². The van der Waals surface area contributed by atoms with E-state index in [-0.39, 0.29) is 11.3 Å². The normalized spacial score (nSPS) is 11.8. The Morgan fingerprint density at radius 1 is 1.00 bits per heavy atom. The van der Waals surface area contributed by atoms with Gasteiger partial charge >= 0.3 is 12.6 Å². The van der Waals surface area contributed by atoms with E-state index in [0.717, 1.165) is 5.69 Å². The molecule has 0 N–H and O–H groups in total. The van der Waals surface area contributed by atoms with Crippen LogP contribution < -0.4 is 9.64 Å². The molecule has 0 fully saturated rings. The van der Waals surface area contributed by atoms with Crippen LogP contribution in [-0.2, 0) is 4.74 Å². The van der Waals surface area contributed by atoms with Crippen molar-refractivity contribution in [1.29, 1.82) is 0 Å². The van der Waals surface area contributed by atoms with Gasteiger partial charge in [-0.1, -0.05) is 6.07 Å². The van der Waals surface area contributed by atoms with Gasteiger partial charge in [-0.15, -0.1) is 0 Å². The van der Waals surface area contributed by atoms with Crippen molar-refractivity contribution >= 4 is 17.4 Å². The first-order valence-electron chi connectivity index (χ1n) is 7.85. The maximum Gasteiger partial charge on any atom is 0.387 e. The van der Waals surface area contributed by atoms with Gasteiger partial charge < -0.3 is 14.4 Å². The number of carbonyl (C=O) groups excluding carboxylic acids is 2. The molecule has 2 aromatic carbocycles. The molecule has 0 heterocycles. The van der Waals surface area contributed by atoms with Gasteiger partial charge in [0, 0.05) is 25.3 Å². The molecule has 0 aliphatic rings. The van der Waals surface area contributed by atoms with Crippen molar-refractivity contribution in [2.24, 2.45) is 0 Å². The summed E-state index contributed by atoms with van der Waals surface area (Å²) < 4.78 is 33.7. The number of alkyl halides is 2. The number of rotatable bonds is 7. The average molecular weight is 363 g/mol. The van der Waals surface area contributed by atoms with Gasteiger partial charge in [0.2, 0.25) is 5.78 Å². The molecule has 0 bridgehead atoms. The van der Waals surface area contributed by atoms with E-state index < -0.39 is 24.5 Å². The number of hydrogen-bond donors (Lipinski definition) is 0. The number of hydrogen-bond acceptors (Lipinski definition) is 5. The Morgan fingerprint density at radius 2 is 1.65 bits per heavy atom.